The molecule has 17 heavy (non-hydrogen) atoms. The van der Waals surface area contributed by atoms with Crippen molar-refractivity contribution in [3.05, 3.63) is 23.2 Å². The largest absolute Gasteiger partial charge is 0.495 e. The third-order valence-electron chi connectivity index (χ3n) is 2.76. The molecule has 1 heterocycles. The van der Waals surface area contributed by atoms with Gasteiger partial charge in [0.15, 0.2) is 0 Å². The monoisotopic (exact) mass is 254 g/mol. The Morgan fingerprint density at radius 2 is 2.24 bits per heavy atom. The van der Waals surface area contributed by atoms with Gasteiger partial charge in [-0.15, -0.1) is 0 Å². The molecule has 1 N–H and O–H groups in total. The maximum absolute atomic E-state index is 12.0. The number of ether oxygens (including phenoxy) is 1. The normalized spacial score (nSPS) is 16.8. The number of carbonyl (C=O) groups is 1. The molecule has 1 aliphatic heterocycles. The summed E-state index contributed by atoms with van der Waals surface area (Å²) in [5.41, 5.74) is 0.744. The second-order valence-electron chi connectivity index (χ2n) is 3.86. The summed E-state index contributed by atoms with van der Waals surface area (Å²) < 4.78 is 5.27. The van der Waals surface area contributed by atoms with Gasteiger partial charge in [-0.2, -0.15) is 0 Å². The molecule has 1 aliphatic rings. The summed E-state index contributed by atoms with van der Waals surface area (Å²) in [5.74, 6) is 0.764. The van der Waals surface area contributed by atoms with Crippen LogP contribution in [0.3, 0.4) is 0 Å². The lowest BCUT2D eigenvalue weighted by Gasteiger charge is -2.22. The summed E-state index contributed by atoms with van der Waals surface area (Å²) in [6, 6.07) is 5.30. The smallest absolute Gasteiger partial charge is 0.228 e. The maximum Gasteiger partial charge on any atom is 0.228 e. The van der Waals surface area contributed by atoms with Crippen LogP contribution in [0.5, 0.6) is 5.75 Å². The number of amides is 1. The second-order valence-corrected chi connectivity index (χ2v) is 4.30. The van der Waals surface area contributed by atoms with Crippen LogP contribution in [0.1, 0.15) is 6.42 Å². The van der Waals surface area contributed by atoms with Gasteiger partial charge < -0.3 is 15.0 Å². The van der Waals surface area contributed by atoms with E-state index in [2.05, 4.69) is 5.32 Å². The molecule has 0 bridgehead atoms. The zero-order valence-electron chi connectivity index (χ0n) is 9.70. The molecule has 0 saturated carbocycles. The SMILES string of the molecule is COc1ccc(Cl)cc1N1CCNCCC1=O. The van der Waals surface area contributed by atoms with Crippen LogP contribution >= 0.6 is 11.6 Å². The fourth-order valence-corrected chi connectivity index (χ4v) is 2.07. The van der Waals surface area contributed by atoms with Crippen molar-refractivity contribution in [1.29, 1.82) is 0 Å². The fourth-order valence-electron chi connectivity index (χ4n) is 1.90. The molecule has 4 nitrogen and oxygen atoms in total. The van der Waals surface area contributed by atoms with Gasteiger partial charge in [0, 0.05) is 31.1 Å². The molecule has 0 aromatic heterocycles. The van der Waals surface area contributed by atoms with E-state index in [-0.39, 0.29) is 5.91 Å². The summed E-state index contributed by atoms with van der Waals surface area (Å²) in [6.07, 6.45) is 0.496. The number of nitrogens with one attached hydrogen (secondary N) is 1. The molecule has 5 heteroatoms. The number of hydrogen-bond donors (Lipinski definition) is 1. The first-order valence-corrected chi connectivity index (χ1v) is 5.95. The Morgan fingerprint density at radius 3 is 3.00 bits per heavy atom. The molecule has 1 fully saturated rings. The Bertz CT molecular complexity index is 423. The number of methoxy groups -OCH3 is 1. The highest BCUT2D eigenvalue weighted by atomic mass is 35.5. The van der Waals surface area contributed by atoms with Gasteiger partial charge in [-0.05, 0) is 18.2 Å². The quantitative estimate of drug-likeness (QED) is 0.873. The Balaban J connectivity index is 2.36. The van der Waals surface area contributed by atoms with Crippen LogP contribution in [0, 0.1) is 0 Å². The molecule has 2 rings (SSSR count). The van der Waals surface area contributed by atoms with Crippen LogP contribution in [0.2, 0.25) is 5.02 Å². The lowest BCUT2D eigenvalue weighted by Crippen LogP contribution is -2.32. The van der Waals surface area contributed by atoms with Gasteiger partial charge >= 0.3 is 0 Å². The van der Waals surface area contributed by atoms with Gasteiger partial charge in [-0.3, -0.25) is 4.79 Å². The molecular weight excluding hydrogens is 240 g/mol. The average molecular weight is 255 g/mol. The van der Waals surface area contributed by atoms with Crippen molar-refractivity contribution < 1.29 is 9.53 Å². The van der Waals surface area contributed by atoms with Crippen LogP contribution in [0.25, 0.3) is 0 Å². The first kappa shape index (κ1) is 12.2. The van der Waals surface area contributed by atoms with Crippen molar-refractivity contribution in [1.82, 2.24) is 5.32 Å². The van der Waals surface area contributed by atoms with Crippen LogP contribution < -0.4 is 15.0 Å². The Hall–Kier alpha value is -1.26. The topological polar surface area (TPSA) is 41.6 Å². The van der Waals surface area contributed by atoms with Crippen LogP contribution in [0.15, 0.2) is 18.2 Å². The molecule has 0 spiro atoms. The van der Waals surface area contributed by atoms with Gasteiger partial charge in [-0.1, -0.05) is 11.6 Å². The molecule has 0 atom stereocenters. The summed E-state index contributed by atoms with van der Waals surface area (Å²) >= 11 is 5.97. The molecule has 0 radical (unpaired) electrons. The highest BCUT2D eigenvalue weighted by Crippen LogP contribution is 2.31. The first-order valence-electron chi connectivity index (χ1n) is 5.57. The van der Waals surface area contributed by atoms with Crippen molar-refractivity contribution >= 4 is 23.2 Å². The first-order chi connectivity index (χ1) is 8.22. The standard InChI is InChI=1S/C12H15ClN2O2/c1-17-11-3-2-9(13)8-10(11)15-7-6-14-5-4-12(15)16/h2-3,8,14H,4-7H2,1H3. The number of anilines is 1. The van der Waals surface area contributed by atoms with E-state index >= 15 is 0 Å². The van der Waals surface area contributed by atoms with Crippen LogP contribution in [-0.2, 0) is 4.79 Å². The van der Waals surface area contributed by atoms with E-state index in [1.165, 1.54) is 0 Å². The zero-order chi connectivity index (χ0) is 12.3. The molecule has 1 aromatic rings. The third-order valence-corrected chi connectivity index (χ3v) is 3.00. The number of carbonyl (C=O) groups excluding carboxylic acids is 1. The summed E-state index contributed by atoms with van der Waals surface area (Å²) in [7, 11) is 1.59. The molecule has 92 valence electrons. The van der Waals surface area contributed by atoms with Gasteiger partial charge in [0.2, 0.25) is 5.91 Å². The summed E-state index contributed by atoms with van der Waals surface area (Å²) in [5, 5.41) is 3.80. The van der Waals surface area contributed by atoms with Crippen molar-refractivity contribution in [2.75, 3.05) is 31.6 Å². The Labute approximate surface area is 106 Å². The van der Waals surface area contributed by atoms with E-state index in [0.717, 1.165) is 18.8 Å². The molecular formula is C12H15ClN2O2. The predicted molar refractivity (Wildman–Crippen MR) is 67.8 cm³/mol. The van der Waals surface area contributed by atoms with E-state index in [9.17, 15) is 4.79 Å². The maximum atomic E-state index is 12.0. The zero-order valence-corrected chi connectivity index (χ0v) is 10.5. The van der Waals surface area contributed by atoms with Gasteiger partial charge in [0.1, 0.15) is 5.75 Å². The minimum atomic E-state index is 0.0931. The lowest BCUT2D eigenvalue weighted by molar-refractivity contribution is -0.118. The summed E-state index contributed by atoms with van der Waals surface area (Å²) in [4.78, 5) is 13.7. The summed E-state index contributed by atoms with van der Waals surface area (Å²) in [6.45, 7) is 2.13. The molecule has 0 aliphatic carbocycles. The number of nitrogens with zero attached hydrogens (tertiary/aromatic N) is 1. The van der Waals surface area contributed by atoms with Crippen LogP contribution in [-0.4, -0.2) is 32.7 Å². The van der Waals surface area contributed by atoms with Crippen molar-refractivity contribution in [3.63, 3.8) is 0 Å². The van der Waals surface area contributed by atoms with Gasteiger partial charge in [0.05, 0.1) is 12.8 Å². The van der Waals surface area contributed by atoms with Gasteiger partial charge in [0.25, 0.3) is 0 Å². The molecule has 0 unspecified atom stereocenters. The molecule has 1 amide bonds. The van der Waals surface area contributed by atoms with E-state index in [1.54, 1.807) is 30.2 Å². The fraction of sp³-hybridized carbons (Fsp3) is 0.417. The van der Waals surface area contributed by atoms with Gasteiger partial charge in [-0.25, -0.2) is 0 Å². The predicted octanol–water partition coefficient (Wildman–Crippen LogP) is 1.67. The van der Waals surface area contributed by atoms with E-state index in [1.807, 2.05) is 0 Å². The average Bonchev–Trinajstić information content (AvgIpc) is 2.54. The molecule has 1 saturated heterocycles. The number of rotatable bonds is 2. The highest BCUT2D eigenvalue weighted by Gasteiger charge is 2.21. The van der Waals surface area contributed by atoms with Crippen molar-refractivity contribution in [3.8, 4) is 5.75 Å². The lowest BCUT2D eigenvalue weighted by atomic mass is 10.2. The molecule has 1 aromatic carbocycles. The van der Waals surface area contributed by atoms with E-state index in [0.29, 0.717) is 23.7 Å². The van der Waals surface area contributed by atoms with Crippen LogP contribution in [0.4, 0.5) is 5.69 Å². The van der Waals surface area contributed by atoms with E-state index < -0.39 is 0 Å². The van der Waals surface area contributed by atoms with Crippen molar-refractivity contribution in [2.45, 2.75) is 6.42 Å². The number of halogens is 1. The Kier molecular flexibility index (Phi) is 3.86. The highest BCUT2D eigenvalue weighted by molar-refractivity contribution is 6.31. The number of benzene rings is 1. The minimum absolute atomic E-state index is 0.0931. The third kappa shape index (κ3) is 2.70. The minimum Gasteiger partial charge on any atom is -0.495 e. The van der Waals surface area contributed by atoms with E-state index in [4.69, 9.17) is 16.3 Å². The van der Waals surface area contributed by atoms with Crippen molar-refractivity contribution in [2.24, 2.45) is 0 Å². The Morgan fingerprint density at radius 1 is 1.41 bits per heavy atom. The number of hydrogen-bond acceptors (Lipinski definition) is 3. The second kappa shape index (κ2) is 5.38.